The normalized spacial score (nSPS) is 12.9. The topological polar surface area (TPSA) is 76.5 Å². The van der Waals surface area contributed by atoms with Gasteiger partial charge >= 0.3 is 0 Å². The SMILES string of the molecule is O=[N+]([O-])C[C@H](O)c1cc2ccccc2o1. The number of nitrogens with zero attached hydrogens (tertiary/aromatic N) is 1. The van der Waals surface area contributed by atoms with Crippen molar-refractivity contribution in [2.24, 2.45) is 0 Å². The van der Waals surface area contributed by atoms with Crippen molar-refractivity contribution in [2.45, 2.75) is 6.10 Å². The molecule has 78 valence electrons. The molecule has 1 N–H and O–H groups in total. The highest BCUT2D eigenvalue weighted by molar-refractivity contribution is 5.77. The largest absolute Gasteiger partial charge is 0.458 e. The Morgan fingerprint density at radius 2 is 2.20 bits per heavy atom. The molecule has 2 rings (SSSR count). The van der Waals surface area contributed by atoms with Crippen LogP contribution < -0.4 is 0 Å². The third kappa shape index (κ3) is 1.97. The third-order valence-corrected chi connectivity index (χ3v) is 2.10. The number of furan rings is 1. The molecule has 1 atom stereocenters. The van der Waals surface area contributed by atoms with Gasteiger partial charge in [0.1, 0.15) is 11.3 Å². The highest BCUT2D eigenvalue weighted by Crippen LogP contribution is 2.23. The summed E-state index contributed by atoms with van der Waals surface area (Å²) in [6.45, 7) is -0.542. The number of nitro groups is 1. The minimum absolute atomic E-state index is 0.230. The third-order valence-electron chi connectivity index (χ3n) is 2.10. The fraction of sp³-hybridized carbons (Fsp3) is 0.200. The first-order valence-corrected chi connectivity index (χ1v) is 4.45. The molecular formula is C10H9NO4. The molecule has 1 aromatic heterocycles. The Morgan fingerprint density at radius 3 is 2.87 bits per heavy atom. The molecule has 5 heteroatoms. The van der Waals surface area contributed by atoms with Gasteiger partial charge in [0.15, 0.2) is 6.10 Å². The van der Waals surface area contributed by atoms with E-state index in [1.807, 2.05) is 12.1 Å². The van der Waals surface area contributed by atoms with E-state index in [0.29, 0.717) is 5.58 Å². The maximum Gasteiger partial charge on any atom is 0.236 e. The van der Waals surface area contributed by atoms with Gasteiger partial charge < -0.3 is 9.52 Å². The quantitative estimate of drug-likeness (QED) is 0.614. The second-order valence-corrected chi connectivity index (χ2v) is 3.22. The zero-order valence-corrected chi connectivity index (χ0v) is 7.79. The Morgan fingerprint density at radius 1 is 1.47 bits per heavy atom. The summed E-state index contributed by atoms with van der Waals surface area (Å²) in [4.78, 5) is 9.63. The summed E-state index contributed by atoms with van der Waals surface area (Å²) in [5.41, 5.74) is 0.620. The van der Waals surface area contributed by atoms with E-state index in [0.717, 1.165) is 5.39 Å². The van der Waals surface area contributed by atoms with Crippen molar-refractivity contribution in [1.29, 1.82) is 0 Å². The molecule has 0 amide bonds. The summed E-state index contributed by atoms with van der Waals surface area (Å²) in [7, 11) is 0. The maximum atomic E-state index is 10.2. The maximum absolute atomic E-state index is 10.2. The lowest BCUT2D eigenvalue weighted by Gasteiger charge is -2.00. The van der Waals surface area contributed by atoms with Crippen LogP contribution in [0.15, 0.2) is 34.7 Å². The van der Waals surface area contributed by atoms with Crippen LogP contribution in [0.1, 0.15) is 11.9 Å². The molecule has 15 heavy (non-hydrogen) atoms. The first-order chi connectivity index (χ1) is 7.16. The standard InChI is InChI=1S/C10H9NO4/c12-8(6-11(13)14)10-5-7-3-1-2-4-9(7)15-10/h1-5,8,12H,6H2/t8-/m0/s1. The van der Waals surface area contributed by atoms with E-state index in [1.54, 1.807) is 18.2 Å². The molecule has 0 bridgehead atoms. The van der Waals surface area contributed by atoms with Crippen LogP contribution in [0, 0.1) is 10.1 Å². The van der Waals surface area contributed by atoms with Crippen LogP contribution in [0.4, 0.5) is 0 Å². The van der Waals surface area contributed by atoms with Gasteiger partial charge in [0.05, 0.1) is 0 Å². The fourth-order valence-electron chi connectivity index (χ4n) is 1.40. The van der Waals surface area contributed by atoms with Gasteiger partial charge in [-0.1, -0.05) is 18.2 Å². The van der Waals surface area contributed by atoms with Gasteiger partial charge in [-0.3, -0.25) is 10.1 Å². The Balaban J connectivity index is 2.32. The van der Waals surface area contributed by atoms with Crippen LogP contribution in [0.2, 0.25) is 0 Å². The summed E-state index contributed by atoms with van der Waals surface area (Å²) >= 11 is 0. The smallest absolute Gasteiger partial charge is 0.236 e. The molecular weight excluding hydrogens is 198 g/mol. The van der Waals surface area contributed by atoms with Crippen molar-refractivity contribution in [1.82, 2.24) is 0 Å². The molecule has 0 saturated carbocycles. The molecule has 0 unspecified atom stereocenters. The van der Waals surface area contributed by atoms with Gasteiger partial charge in [-0.05, 0) is 12.1 Å². The molecule has 1 heterocycles. The number of aliphatic hydroxyl groups excluding tert-OH is 1. The summed E-state index contributed by atoms with van der Waals surface area (Å²) in [5, 5.41) is 20.5. The van der Waals surface area contributed by atoms with Gasteiger partial charge in [0.25, 0.3) is 0 Å². The molecule has 5 nitrogen and oxygen atoms in total. The number of fused-ring (bicyclic) bond motifs is 1. The van der Waals surface area contributed by atoms with Gasteiger partial charge in [-0.15, -0.1) is 0 Å². The lowest BCUT2D eigenvalue weighted by atomic mass is 10.2. The van der Waals surface area contributed by atoms with Gasteiger partial charge in [-0.2, -0.15) is 0 Å². The van der Waals surface area contributed by atoms with Gasteiger partial charge in [0.2, 0.25) is 6.54 Å². The molecule has 0 spiro atoms. The predicted molar refractivity (Wildman–Crippen MR) is 53.0 cm³/mol. The number of hydrogen-bond acceptors (Lipinski definition) is 4. The van der Waals surface area contributed by atoms with Crippen LogP contribution in [0.3, 0.4) is 0 Å². The van der Waals surface area contributed by atoms with E-state index in [2.05, 4.69) is 0 Å². The number of hydrogen-bond donors (Lipinski definition) is 1. The Labute approximate surface area is 85.1 Å². The Kier molecular flexibility index (Phi) is 2.39. The highest BCUT2D eigenvalue weighted by atomic mass is 16.6. The van der Waals surface area contributed by atoms with E-state index < -0.39 is 17.6 Å². The van der Waals surface area contributed by atoms with Crippen LogP contribution in [0.5, 0.6) is 0 Å². The fourth-order valence-corrected chi connectivity index (χ4v) is 1.40. The van der Waals surface area contributed by atoms with Crippen LogP contribution in [-0.4, -0.2) is 16.6 Å². The molecule has 2 aromatic rings. The molecule has 0 aliphatic heterocycles. The van der Waals surface area contributed by atoms with E-state index in [4.69, 9.17) is 4.42 Å². The van der Waals surface area contributed by atoms with E-state index in [1.165, 1.54) is 0 Å². The monoisotopic (exact) mass is 207 g/mol. The minimum atomic E-state index is -1.19. The van der Waals surface area contributed by atoms with Gasteiger partial charge in [0, 0.05) is 10.3 Å². The van der Waals surface area contributed by atoms with Crippen molar-refractivity contribution in [3.05, 3.63) is 46.2 Å². The Hall–Kier alpha value is -1.88. The lowest BCUT2D eigenvalue weighted by Crippen LogP contribution is -2.10. The van der Waals surface area contributed by atoms with Crippen molar-refractivity contribution in [2.75, 3.05) is 6.54 Å². The number of benzene rings is 1. The Bertz CT molecular complexity index is 458. The van der Waals surface area contributed by atoms with E-state index in [9.17, 15) is 15.2 Å². The summed E-state index contributed by atoms with van der Waals surface area (Å²) in [6.07, 6.45) is -1.19. The predicted octanol–water partition coefficient (Wildman–Crippen LogP) is 1.74. The zero-order chi connectivity index (χ0) is 10.8. The average molecular weight is 207 g/mol. The van der Waals surface area contributed by atoms with Crippen LogP contribution in [-0.2, 0) is 0 Å². The molecule has 0 fully saturated rings. The molecule has 0 aliphatic rings. The van der Waals surface area contributed by atoms with E-state index in [-0.39, 0.29) is 5.76 Å². The van der Waals surface area contributed by atoms with Crippen LogP contribution >= 0.6 is 0 Å². The number of rotatable bonds is 3. The highest BCUT2D eigenvalue weighted by Gasteiger charge is 2.18. The van der Waals surface area contributed by atoms with Crippen molar-refractivity contribution in [3.63, 3.8) is 0 Å². The average Bonchev–Trinajstić information content (AvgIpc) is 2.59. The van der Waals surface area contributed by atoms with Crippen LogP contribution in [0.25, 0.3) is 11.0 Å². The summed E-state index contributed by atoms with van der Waals surface area (Å²) < 4.78 is 5.28. The second-order valence-electron chi connectivity index (χ2n) is 3.22. The minimum Gasteiger partial charge on any atom is -0.458 e. The summed E-state index contributed by atoms with van der Waals surface area (Å²) in [6, 6.07) is 8.82. The first kappa shape index (κ1) is 9.67. The number of aliphatic hydroxyl groups is 1. The lowest BCUT2D eigenvalue weighted by molar-refractivity contribution is -0.492. The van der Waals surface area contributed by atoms with E-state index >= 15 is 0 Å². The molecule has 0 aliphatic carbocycles. The van der Waals surface area contributed by atoms with Crippen molar-refractivity contribution in [3.8, 4) is 0 Å². The van der Waals surface area contributed by atoms with Gasteiger partial charge in [-0.25, -0.2) is 0 Å². The number of para-hydroxylation sites is 1. The summed E-state index contributed by atoms with van der Waals surface area (Å²) in [5.74, 6) is 0.230. The molecule has 0 radical (unpaired) electrons. The molecule has 0 saturated heterocycles. The van der Waals surface area contributed by atoms with Crippen molar-refractivity contribution >= 4 is 11.0 Å². The second kappa shape index (κ2) is 3.70. The molecule has 1 aromatic carbocycles. The van der Waals surface area contributed by atoms with Crippen molar-refractivity contribution < 1.29 is 14.4 Å². The zero-order valence-electron chi connectivity index (χ0n) is 7.79. The first-order valence-electron chi connectivity index (χ1n) is 4.45.